The van der Waals surface area contributed by atoms with E-state index in [4.69, 9.17) is 0 Å². The van der Waals surface area contributed by atoms with E-state index < -0.39 is 17.4 Å². The van der Waals surface area contributed by atoms with E-state index in [9.17, 15) is 13.6 Å². The minimum atomic E-state index is -0.743. The summed E-state index contributed by atoms with van der Waals surface area (Å²) in [4.78, 5) is 15.2. The molecule has 4 nitrogen and oxygen atoms in total. The maximum absolute atomic E-state index is 13.2. The summed E-state index contributed by atoms with van der Waals surface area (Å²) >= 11 is 0. The molecule has 2 rings (SSSR count). The highest BCUT2D eigenvalue weighted by molar-refractivity contribution is 5.93. The van der Waals surface area contributed by atoms with Crippen LogP contribution in [0.4, 0.5) is 8.78 Å². The minimum absolute atomic E-state index is 0.0590. The third-order valence-corrected chi connectivity index (χ3v) is 2.05. The number of Topliss-reactive ketones (excluding diaryl/α,β-unsaturated/α-hetero) is 1. The Morgan fingerprint density at radius 1 is 1.38 bits per heavy atom. The Morgan fingerprint density at radius 3 is 2.81 bits per heavy atom. The van der Waals surface area contributed by atoms with Crippen molar-refractivity contribution in [1.29, 1.82) is 0 Å². The number of H-pyrrole nitrogens is 1. The highest BCUT2D eigenvalue weighted by atomic mass is 19.1. The third-order valence-electron chi connectivity index (χ3n) is 2.05. The molecule has 1 N–H and O–H groups in total. The summed E-state index contributed by atoms with van der Waals surface area (Å²) in [5.41, 5.74) is 0.128. The van der Waals surface area contributed by atoms with Gasteiger partial charge in [-0.25, -0.2) is 13.8 Å². The van der Waals surface area contributed by atoms with Crippen LogP contribution in [0, 0.1) is 11.6 Å². The van der Waals surface area contributed by atoms with E-state index in [0.717, 1.165) is 12.1 Å². The Hall–Kier alpha value is -2.11. The van der Waals surface area contributed by atoms with Crippen molar-refractivity contribution in [1.82, 2.24) is 15.2 Å². The second-order valence-corrected chi connectivity index (χ2v) is 3.17. The van der Waals surface area contributed by atoms with Crippen molar-refractivity contribution >= 4 is 5.78 Å². The molecule has 1 heterocycles. The average molecular weight is 223 g/mol. The molecule has 0 amide bonds. The number of hydrogen-bond donors (Lipinski definition) is 1. The van der Waals surface area contributed by atoms with Gasteiger partial charge in [-0.15, -0.1) is 0 Å². The predicted molar refractivity (Wildman–Crippen MR) is 50.8 cm³/mol. The first-order chi connectivity index (χ1) is 7.66. The number of aromatic nitrogens is 3. The van der Waals surface area contributed by atoms with Crippen LogP contribution in [-0.2, 0) is 6.42 Å². The van der Waals surface area contributed by atoms with Crippen molar-refractivity contribution in [2.24, 2.45) is 0 Å². The smallest absolute Gasteiger partial charge is 0.204 e. The van der Waals surface area contributed by atoms with E-state index in [1.165, 1.54) is 12.4 Å². The van der Waals surface area contributed by atoms with Gasteiger partial charge in [0.05, 0.1) is 0 Å². The summed E-state index contributed by atoms with van der Waals surface area (Å²) in [6.45, 7) is 0. The van der Waals surface area contributed by atoms with Gasteiger partial charge in [-0.2, -0.15) is 5.10 Å². The van der Waals surface area contributed by atoms with Gasteiger partial charge in [0.25, 0.3) is 0 Å². The number of carbonyl (C=O) groups excluding carboxylic acids is 1. The van der Waals surface area contributed by atoms with E-state index in [-0.39, 0.29) is 17.8 Å². The van der Waals surface area contributed by atoms with Crippen LogP contribution in [0.25, 0.3) is 0 Å². The van der Waals surface area contributed by atoms with Gasteiger partial charge in [0.15, 0.2) is 5.82 Å². The molecule has 82 valence electrons. The number of hydrogen-bond acceptors (Lipinski definition) is 3. The first kappa shape index (κ1) is 10.4. The lowest BCUT2D eigenvalue weighted by molar-refractivity contribution is 0.0982. The minimum Gasteiger partial charge on any atom is -0.290 e. The molecule has 6 heteroatoms. The quantitative estimate of drug-likeness (QED) is 0.802. The van der Waals surface area contributed by atoms with Gasteiger partial charge in [-0.1, -0.05) is 6.07 Å². The van der Waals surface area contributed by atoms with Crippen LogP contribution < -0.4 is 0 Å². The molecule has 0 aliphatic heterocycles. The highest BCUT2D eigenvalue weighted by Crippen LogP contribution is 2.11. The second-order valence-electron chi connectivity index (χ2n) is 3.17. The second kappa shape index (κ2) is 4.18. The molecule has 1 aromatic carbocycles. The average Bonchev–Trinajstić information content (AvgIpc) is 2.75. The van der Waals surface area contributed by atoms with E-state index in [2.05, 4.69) is 15.2 Å². The van der Waals surface area contributed by atoms with Gasteiger partial charge in [0.2, 0.25) is 5.78 Å². The van der Waals surface area contributed by atoms with Crippen molar-refractivity contribution in [2.45, 2.75) is 6.42 Å². The Kier molecular flexibility index (Phi) is 2.72. The summed E-state index contributed by atoms with van der Waals surface area (Å²) in [5, 5.41) is 5.89. The van der Waals surface area contributed by atoms with Gasteiger partial charge in [0, 0.05) is 12.5 Å². The van der Waals surface area contributed by atoms with Crippen molar-refractivity contribution < 1.29 is 13.6 Å². The lowest BCUT2D eigenvalue weighted by Crippen LogP contribution is -2.07. The third kappa shape index (κ3) is 2.10. The fourth-order valence-electron chi connectivity index (χ4n) is 1.26. The lowest BCUT2D eigenvalue weighted by Gasteiger charge is -2.00. The molecule has 16 heavy (non-hydrogen) atoms. The van der Waals surface area contributed by atoms with Crippen LogP contribution in [0.5, 0.6) is 0 Å². The zero-order chi connectivity index (χ0) is 11.5. The number of ketones is 1. The number of halogens is 2. The van der Waals surface area contributed by atoms with E-state index in [1.54, 1.807) is 0 Å². The Morgan fingerprint density at radius 2 is 2.19 bits per heavy atom. The number of carbonyl (C=O) groups is 1. The molecule has 0 unspecified atom stereocenters. The maximum atomic E-state index is 13.2. The summed E-state index contributed by atoms with van der Waals surface area (Å²) in [6, 6.07) is 3.08. The van der Waals surface area contributed by atoms with Gasteiger partial charge >= 0.3 is 0 Å². The summed E-state index contributed by atoms with van der Waals surface area (Å²) < 4.78 is 25.8. The lowest BCUT2D eigenvalue weighted by atomic mass is 10.1. The SMILES string of the molecule is O=C(Cc1ccc(F)cc1F)c1ncn[nH]1. The van der Waals surface area contributed by atoms with Crippen LogP contribution >= 0.6 is 0 Å². The maximum Gasteiger partial charge on any atom is 0.204 e. The molecule has 0 saturated carbocycles. The van der Waals surface area contributed by atoms with Crippen molar-refractivity contribution in [3.63, 3.8) is 0 Å². The summed E-state index contributed by atoms with van der Waals surface area (Å²) in [5.74, 6) is -1.76. The van der Waals surface area contributed by atoms with Crippen LogP contribution in [0.15, 0.2) is 24.5 Å². The van der Waals surface area contributed by atoms with Crippen LogP contribution in [0.2, 0.25) is 0 Å². The van der Waals surface area contributed by atoms with Gasteiger partial charge in [-0.05, 0) is 11.6 Å². The first-order valence-corrected chi connectivity index (χ1v) is 4.49. The van der Waals surface area contributed by atoms with Gasteiger partial charge in [0.1, 0.15) is 18.0 Å². The molecule has 0 radical (unpaired) electrons. The summed E-state index contributed by atoms with van der Waals surface area (Å²) in [7, 11) is 0. The molecule has 0 atom stereocenters. The molecular weight excluding hydrogens is 216 g/mol. The topological polar surface area (TPSA) is 58.6 Å². The zero-order valence-corrected chi connectivity index (χ0v) is 8.08. The Balaban J connectivity index is 2.18. The standard InChI is InChI=1S/C10H7F2N3O/c11-7-2-1-6(8(12)4-7)3-9(16)10-13-5-14-15-10/h1-2,4-5H,3H2,(H,13,14,15). The fraction of sp³-hybridized carbons (Fsp3) is 0.100. The van der Waals surface area contributed by atoms with Crippen molar-refractivity contribution in [3.05, 3.63) is 47.5 Å². The zero-order valence-electron chi connectivity index (χ0n) is 8.08. The Bertz CT molecular complexity index is 511. The molecule has 0 aliphatic rings. The largest absolute Gasteiger partial charge is 0.290 e. The number of benzene rings is 1. The van der Waals surface area contributed by atoms with Gasteiger partial charge in [-0.3, -0.25) is 9.89 Å². The van der Waals surface area contributed by atoms with Crippen molar-refractivity contribution in [2.75, 3.05) is 0 Å². The monoisotopic (exact) mass is 223 g/mol. The first-order valence-electron chi connectivity index (χ1n) is 4.49. The molecule has 0 aliphatic carbocycles. The number of aromatic amines is 1. The van der Waals surface area contributed by atoms with E-state index in [0.29, 0.717) is 0 Å². The molecule has 0 bridgehead atoms. The normalized spacial score (nSPS) is 10.4. The highest BCUT2D eigenvalue weighted by Gasteiger charge is 2.13. The molecular formula is C10H7F2N3O. The predicted octanol–water partition coefficient (Wildman–Crippen LogP) is 1.51. The molecule has 1 aromatic heterocycles. The molecule has 0 fully saturated rings. The molecule has 0 saturated heterocycles. The van der Waals surface area contributed by atoms with Crippen LogP contribution in [0.1, 0.15) is 16.2 Å². The van der Waals surface area contributed by atoms with Crippen molar-refractivity contribution in [3.8, 4) is 0 Å². The van der Waals surface area contributed by atoms with E-state index in [1.807, 2.05) is 0 Å². The van der Waals surface area contributed by atoms with E-state index >= 15 is 0 Å². The number of nitrogens with zero attached hydrogens (tertiary/aromatic N) is 2. The fourth-order valence-corrected chi connectivity index (χ4v) is 1.26. The van der Waals surface area contributed by atoms with Crippen LogP contribution in [0.3, 0.4) is 0 Å². The van der Waals surface area contributed by atoms with Crippen LogP contribution in [-0.4, -0.2) is 21.0 Å². The number of nitrogens with one attached hydrogen (secondary N) is 1. The molecule has 2 aromatic rings. The van der Waals surface area contributed by atoms with Gasteiger partial charge < -0.3 is 0 Å². The summed E-state index contributed by atoms with van der Waals surface area (Å²) in [6.07, 6.45) is 1.01. The number of rotatable bonds is 3. The molecule has 0 spiro atoms. The Labute approximate surface area is 89.3 Å².